The van der Waals surface area contributed by atoms with Crippen molar-refractivity contribution in [2.45, 2.75) is 44.6 Å². The van der Waals surface area contributed by atoms with E-state index < -0.39 is 17.4 Å². The number of hydrogen-bond donors (Lipinski definition) is 2. The van der Waals surface area contributed by atoms with Crippen LogP contribution < -0.4 is 5.32 Å². The Morgan fingerprint density at radius 3 is 2.56 bits per heavy atom. The van der Waals surface area contributed by atoms with Gasteiger partial charge in [-0.3, -0.25) is 4.79 Å². The molecule has 0 unspecified atom stereocenters. The molecule has 2 N–H and O–H groups in total. The third-order valence-corrected chi connectivity index (χ3v) is 3.33. The molecule has 1 fully saturated rings. The number of amides is 1. The molecule has 6 nitrogen and oxygen atoms in total. The molecule has 1 aromatic heterocycles. The number of aryl methyl sites for hydroxylation is 1. The van der Waals surface area contributed by atoms with Gasteiger partial charge in [-0.1, -0.05) is 24.4 Å². The Hall–Kier alpha value is -1.85. The van der Waals surface area contributed by atoms with Gasteiger partial charge in [0.15, 0.2) is 5.69 Å². The molecule has 1 amide bonds. The van der Waals surface area contributed by atoms with Gasteiger partial charge in [0.1, 0.15) is 11.3 Å². The molecule has 0 saturated heterocycles. The summed E-state index contributed by atoms with van der Waals surface area (Å²) in [4.78, 5) is 23.3. The van der Waals surface area contributed by atoms with E-state index in [-0.39, 0.29) is 5.69 Å². The van der Waals surface area contributed by atoms with Crippen LogP contribution in [0.1, 0.15) is 48.4 Å². The van der Waals surface area contributed by atoms with Crippen LogP contribution in [0, 0.1) is 6.92 Å². The third kappa shape index (κ3) is 2.37. The molecule has 1 aliphatic rings. The lowest BCUT2D eigenvalue weighted by Gasteiger charge is -2.33. The smallest absolute Gasteiger partial charge is 0.329 e. The molecule has 0 bridgehead atoms. The molecule has 18 heavy (non-hydrogen) atoms. The lowest BCUT2D eigenvalue weighted by molar-refractivity contribution is -0.145. The summed E-state index contributed by atoms with van der Waals surface area (Å²) in [6.07, 6.45) is 3.55. The maximum absolute atomic E-state index is 11.9. The Morgan fingerprint density at radius 2 is 2.06 bits per heavy atom. The number of aromatic nitrogens is 1. The molecule has 0 atom stereocenters. The highest BCUT2D eigenvalue weighted by atomic mass is 16.5. The van der Waals surface area contributed by atoms with E-state index in [4.69, 9.17) is 4.52 Å². The van der Waals surface area contributed by atoms with Crippen LogP contribution in [0.5, 0.6) is 0 Å². The second-order valence-electron chi connectivity index (χ2n) is 4.72. The van der Waals surface area contributed by atoms with Crippen LogP contribution >= 0.6 is 0 Å². The predicted octanol–water partition coefficient (Wildman–Crippen LogP) is 1.50. The summed E-state index contributed by atoms with van der Waals surface area (Å²) in [5.41, 5.74) is -1.03. The first kappa shape index (κ1) is 12.6. The van der Waals surface area contributed by atoms with Crippen LogP contribution in [0.2, 0.25) is 0 Å². The van der Waals surface area contributed by atoms with Gasteiger partial charge >= 0.3 is 5.97 Å². The molecular weight excluding hydrogens is 236 g/mol. The van der Waals surface area contributed by atoms with Gasteiger partial charge in [0.2, 0.25) is 0 Å². The van der Waals surface area contributed by atoms with Crippen molar-refractivity contribution in [1.82, 2.24) is 10.5 Å². The van der Waals surface area contributed by atoms with Crippen molar-refractivity contribution in [1.29, 1.82) is 0 Å². The predicted molar refractivity (Wildman–Crippen MR) is 62.2 cm³/mol. The van der Waals surface area contributed by atoms with Crippen LogP contribution in [0.4, 0.5) is 0 Å². The second kappa shape index (κ2) is 4.80. The first-order chi connectivity index (χ1) is 8.53. The summed E-state index contributed by atoms with van der Waals surface area (Å²) < 4.78 is 4.81. The number of carboxylic acids is 1. The summed E-state index contributed by atoms with van der Waals surface area (Å²) in [7, 11) is 0. The highest BCUT2D eigenvalue weighted by Gasteiger charge is 2.41. The third-order valence-electron chi connectivity index (χ3n) is 3.33. The molecule has 0 spiro atoms. The minimum Gasteiger partial charge on any atom is -0.480 e. The molecule has 1 saturated carbocycles. The zero-order valence-electron chi connectivity index (χ0n) is 10.2. The molecule has 1 aromatic rings. The SMILES string of the molecule is Cc1cc(C(=O)NC2(C(=O)O)CCCCC2)no1. The van der Waals surface area contributed by atoms with Gasteiger partial charge in [-0.25, -0.2) is 4.79 Å². The van der Waals surface area contributed by atoms with E-state index in [1.165, 1.54) is 6.07 Å². The zero-order chi connectivity index (χ0) is 13.2. The maximum atomic E-state index is 11.9. The van der Waals surface area contributed by atoms with Crippen molar-refractivity contribution in [3.8, 4) is 0 Å². The van der Waals surface area contributed by atoms with E-state index in [9.17, 15) is 14.7 Å². The summed E-state index contributed by atoms with van der Waals surface area (Å²) in [5, 5.41) is 15.5. The minimum atomic E-state index is -1.15. The molecular formula is C12H16N2O4. The van der Waals surface area contributed by atoms with Crippen LogP contribution in [0.25, 0.3) is 0 Å². The fourth-order valence-corrected chi connectivity index (χ4v) is 2.30. The van der Waals surface area contributed by atoms with Crippen molar-refractivity contribution in [2.24, 2.45) is 0 Å². The summed E-state index contributed by atoms with van der Waals surface area (Å²) in [5.74, 6) is -0.944. The Bertz CT molecular complexity index is 460. The van der Waals surface area contributed by atoms with Crippen LogP contribution in [0.15, 0.2) is 10.6 Å². The topological polar surface area (TPSA) is 92.4 Å². The quantitative estimate of drug-likeness (QED) is 0.850. The number of carbonyl (C=O) groups excluding carboxylic acids is 1. The monoisotopic (exact) mass is 252 g/mol. The summed E-state index contributed by atoms with van der Waals surface area (Å²) >= 11 is 0. The van der Waals surface area contributed by atoms with E-state index in [1.54, 1.807) is 6.92 Å². The van der Waals surface area contributed by atoms with Crippen LogP contribution in [-0.2, 0) is 4.79 Å². The van der Waals surface area contributed by atoms with Gasteiger partial charge in [-0.2, -0.15) is 0 Å². The minimum absolute atomic E-state index is 0.124. The Kier molecular flexibility index (Phi) is 3.36. The molecule has 2 rings (SSSR count). The van der Waals surface area contributed by atoms with E-state index in [0.29, 0.717) is 18.6 Å². The molecule has 1 aliphatic carbocycles. The van der Waals surface area contributed by atoms with Crippen molar-refractivity contribution >= 4 is 11.9 Å². The number of rotatable bonds is 3. The van der Waals surface area contributed by atoms with Crippen molar-refractivity contribution in [2.75, 3.05) is 0 Å². The van der Waals surface area contributed by atoms with Gasteiger partial charge < -0.3 is 14.9 Å². The number of carboxylic acid groups (broad SMARTS) is 1. The highest BCUT2D eigenvalue weighted by molar-refractivity contribution is 5.96. The number of carbonyl (C=O) groups is 2. The Morgan fingerprint density at radius 1 is 1.39 bits per heavy atom. The maximum Gasteiger partial charge on any atom is 0.329 e. The molecule has 6 heteroatoms. The molecule has 0 aliphatic heterocycles. The first-order valence-corrected chi connectivity index (χ1v) is 6.03. The average molecular weight is 252 g/mol. The normalized spacial score (nSPS) is 18.3. The number of nitrogens with zero attached hydrogens (tertiary/aromatic N) is 1. The van der Waals surface area contributed by atoms with Gasteiger partial charge in [0.05, 0.1) is 0 Å². The van der Waals surface area contributed by atoms with Gasteiger partial charge in [0, 0.05) is 6.07 Å². The largest absolute Gasteiger partial charge is 0.480 e. The summed E-state index contributed by atoms with van der Waals surface area (Å²) in [6.45, 7) is 1.68. The highest BCUT2D eigenvalue weighted by Crippen LogP contribution is 2.28. The summed E-state index contributed by atoms with van der Waals surface area (Å²) in [6, 6.07) is 1.49. The van der Waals surface area contributed by atoms with Crippen molar-refractivity contribution in [3.05, 3.63) is 17.5 Å². The van der Waals surface area contributed by atoms with Crippen LogP contribution in [0.3, 0.4) is 0 Å². The standard InChI is InChI=1S/C12H16N2O4/c1-8-7-9(14-18-8)10(15)13-12(11(16)17)5-3-2-4-6-12/h7H,2-6H2,1H3,(H,13,15)(H,16,17). The van der Waals surface area contributed by atoms with Crippen molar-refractivity contribution < 1.29 is 19.2 Å². The number of nitrogens with one attached hydrogen (secondary N) is 1. The molecule has 0 radical (unpaired) electrons. The van der Waals surface area contributed by atoms with Gasteiger partial charge in [0.25, 0.3) is 5.91 Å². The van der Waals surface area contributed by atoms with Crippen molar-refractivity contribution in [3.63, 3.8) is 0 Å². The number of aliphatic carboxylic acids is 1. The van der Waals surface area contributed by atoms with Gasteiger partial charge in [-0.15, -0.1) is 0 Å². The lowest BCUT2D eigenvalue weighted by Crippen LogP contribution is -2.55. The zero-order valence-corrected chi connectivity index (χ0v) is 10.2. The molecule has 98 valence electrons. The number of hydrogen-bond acceptors (Lipinski definition) is 4. The first-order valence-electron chi connectivity index (χ1n) is 6.03. The van der Waals surface area contributed by atoms with Gasteiger partial charge in [-0.05, 0) is 19.8 Å². The second-order valence-corrected chi connectivity index (χ2v) is 4.72. The molecule has 0 aromatic carbocycles. The average Bonchev–Trinajstić information content (AvgIpc) is 2.77. The Labute approximate surface area is 104 Å². The fourth-order valence-electron chi connectivity index (χ4n) is 2.30. The van der Waals surface area contributed by atoms with Crippen LogP contribution in [-0.4, -0.2) is 27.7 Å². The lowest BCUT2D eigenvalue weighted by atomic mass is 9.81. The van der Waals surface area contributed by atoms with E-state index in [1.807, 2.05) is 0 Å². The van der Waals surface area contributed by atoms with E-state index in [2.05, 4.69) is 10.5 Å². The van der Waals surface area contributed by atoms with E-state index in [0.717, 1.165) is 19.3 Å². The fraction of sp³-hybridized carbons (Fsp3) is 0.583. The van der Waals surface area contributed by atoms with E-state index >= 15 is 0 Å². The Balaban J connectivity index is 2.14. The molecule has 1 heterocycles.